The summed E-state index contributed by atoms with van der Waals surface area (Å²) in [7, 11) is 0. The summed E-state index contributed by atoms with van der Waals surface area (Å²) in [5.74, 6) is 0. The summed E-state index contributed by atoms with van der Waals surface area (Å²) in [6, 6.07) is 20.1. The molecule has 0 saturated carbocycles. The molecule has 7 nitrogen and oxygen atoms in total. The summed E-state index contributed by atoms with van der Waals surface area (Å²) in [4.78, 5) is 26.1. The number of nitrogens with one attached hydrogen (secondary N) is 1. The Kier molecular flexibility index (Phi) is 7.63. The Hall–Kier alpha value is -2.78. The van der Waals surface area contributed by atoms with Gasteiger partial charge in [0.2, 0.25) is 0 Å². The fourth-order valence-electron chi connectivity index (χ4n) is 4.06. The second-order valence-corrected chi connectivity index (χ2v) is 8.74. The molecule has 1 unspecified atom stereocenters. The third-order valence-corrected chi connectivity index (χ3v) is 6.34. The third kappa shape index (κ3) is 5.15. The molecular weight excluding hydrogens is 463 g/mol. The first-order valence-corrected chi connectivity index (χ1v) is 11.4. The molecule has 34 heavy (non-hydrogen) atoms. The molecule has 0 aliphatic carbocycles. The van der Waals surface area contributed by atoms with E-state index in [-0.39, 0.29) is 19.8 Å². The number of nitrogens with zero attached hydrogens (tertiary/aromatic N) is 1. The molecule has 1 aliphatic rings. The predicted molar refractivity (Wildman–Crippen MR) is 126 cm³/mol. The van der Waals surface area contributed by atoms with Crippen molar-refractivity contribution in [3.05, 3.63) is 105 Å². The normalized spacial score (nSPS) is 25.3. The SMILES string of the molecule is CC(F)[C@]1(COCc2ccccc2)O[C@@H](n2ccc(=O)[nH]c2=O)[C@H](Cl)[C@@H]1OCc1ccccc1. The van der Waals surface area contributed by atoms with Crippen LogP contribution in [0.5, 0.6) is 0 Å². The van der Waals surface area contributed by atoms with Gasteiger partial charge in [-0.1, -0.05) is 60.7 Å². The molecule has 3 aromatic rings. The molecule has 0 radical (unpaired) electrons. The Labute approximate surface area is 201 Å². The summed E-state index contributed by atoms with van der Waals surface area (Å²) in [6.07, 6.45) is -2.30. The molecule has 2 heterocycles. The minimum atomic E-state index is -1.59. The van der Waals surface area contributed by atoms with E-state index >= 15 is 4.39 Å². The van der Waals surface area contributed by atoms with Crippen molar-refractivity contribution in [2.24, 2.45) is 0 Å². The quantitative estimate of drug-likeness (QED) is 0.466. The molecule has 1 N–H and O–H groups in total. The highest BCUT2D eigenvalue weighted by atomic mass is 35.5. The molecule has 5 atom stereocenters. The van der Waals surface area contributed by atoms with Gasteiger partial charge in [0.05, 0.1) is 19.8 Å². The minimum Gasteiger partial charge on any atom is -0.374 e. The van der Waals surface area contributed by atoms with Gasteiger partial charge in [0.15, 0.2) is 11.8 Å². The van der Waals surface area contributed by atoms with Crippen LogP contribution in [0.2, 0.25) is 0 Å². The number of alkyl halides is 2. The number of halogens is 2. The van der Waals surface area contributed by atoms with E-state index in [1.54, 1.807) is 0 Å². The maximum Gasteiger partial charge on any atom is 0.330 e. The van der Waals surface area contributed by atoms with Crippen molar-refractivity contribution in [3.8, 4) is 0 Å². The summed E-state index contributed by atoms with van der Waals surface area (Å²) in [6.45, 7) is 1.60. The Morgan fingerprint density at radius 3 is 2.26 bits per heavy atom. The topological polar surface area (TPSA) is 82.5 Å². The molecule has 9 heteroatoms. The van der Waals surface area contributed by atoms with Gasteiger partial charge in [0, 0.05) is 12.3 Å². The van der Waals surface area contributed by atoms with E-state index in [0.29, 0.717) is 0 Å². The smallest absolute Gasteiger partial charge is 0.330 e. The molecule has 0 amide bonds. The van der Waals surface area contributed by atoms with Gasteiger partial charge in [-0.3, -0.25) is 14.3 Å². The number of benzene rings is 2. The van der Waals surface area contributed by atoms with Gasteiger partial charge in [0.1, 0.15) is 17.7 Å². The first-order valence-electron chi connectivity index (χ1n) is 11.0. The van der Waals surface area contributed by atoms with Crippen molar-refractivity contribution in [1.29, 1.82) is 0 Å². The van der Waals surface area contributed by atoms with E-state index < -0.39 is 40.7 Å². The lowest BCUT2D eigenvalue weighted by Gasteiger charge is -2.35. The fraction of sp³-hybridized carbons (Fsp3) is 0.360. The van der Waals surface area contributed by atoms with Crippen molar-refractivity contribution in [2.45, 2.75) is 49.6 Å². The van der Waals surface area contributed by atoms with Crippen LogP contribution in [0.3, 0.4) is 0 Å². The third-order valence-electron chi connectivity index (χ3n) is 5.89. The molecule has 2 aromatic carbocycles. The molecule has 1 fully saturated rings. The van der Waals surface area contributed by atoms with Gasteiger partial charge in [-0.05, 0) is 18.1 Å². The molecule has 1 aromatic heterocycles. The van der Waals surface area contributed by atoms with Crippen molar-refractivity contribution < 1.29 is 18.6 Å². The molecule has 1 saturated heterocycles. The van der Waals surface area contributed by atoms with E-state index in [2.05, 4.69) is 4.98 Å². The highest BCUT2D eigenvalue weighted by Gasteiger charge is 2.60. The predicted octanol–water partition coefficient (Wildman–Crippen LogP) is 3.57. The highest BCUT2D eigenvalue weighted by molar-refractivity contribution is 6.21. The van der Waals surface area contributed by atoms with Crippen LogP contribution in [-0.2, 0) is 27.4 Å². The Morgan fingerprint density at radius 2 is 1.68 bits per heavy atom. The average molecular weight is 489 g/mol. The highest BCUT2D eigenvalue weighted by Crippen LogP contribution is 2.45. The van der Waals surface area contributed by atoms with Crippen LogP contribution in [0.25, 0.3) is 0 Å². The van der Waals surface area contributed by atoms with E-state index in [0.717, 1.165) is 15.7 Å². The second kappa shape index (κ2) is 10.7. The summed E-state index contributed by atoms with van der Waals surface area (Å²) >= 11 is 6.76. The first kappa shape index (κ1) is 24.3. The van der Waals surface area contributed by atoms with E-state index in [9.17, 15) is 9.59 Å². The summed E-state index contributed by atoms with van der Waals surface area (Å²) < 4.78 is 34.6. The second-order valence-electron chi connectivity index (χ2n) is 8.24. The Balaban J connectivity index is 1.63. The number of ether oxygens (including phenoxy) is 3. The molecule has 1 aliphatic heterocycles. The number of hydrogen-bond acceptors (Lipinski definition) is 5. The van der Waals surface area contributed by atoms with Gasteiger partial charge in [-0.2, -0.15) is 0 Å². The summed E-state index contributed by atoms with van der Waals surface area (Å²) in [5.41, 5.74) is -1.06. The minimum absolute atomic E-state index is 0.156. The van der Waals surface area contributed by atoms with Crippen LogP contribution in [0.4, 0.5) is 4.39 Å². The molecule has 0 bridgehead atoms. The zero-order valence-electron chi connectivity index (χ0n) is 18.6. The van der Waals surface area contributed by atoms with Gasteiger partial charge >= 0.3 is 5.69 Å². The largest absolute Gasteiger partial charge is 0.374 e. The summed E-state index contributed by atoms with van der Waals surface area (Å²) in [5, 5.41) is -0.939. The molecule has 4 rings (SSSR count). The van der Waals surface area contributed by atoms with Gasteiger partial charge in [-0.25, -0.2) is 9.18 Å². The van der Waals surface area contributed by atoms with Gasteiger partial charge < -0.3 is 14.2 Å². The van der Waals surface area contributed by atoms with Crippen LogP contribution < -0.4 is 11.2 Å². The van der Waals surface area contributed by atoms with Crippen molar-refractivity contribution in [3.63, 3.8) is 0 Å². The van der Waals surface area contributed by atoms with Crippen LogP contribution >= 0.6 is 11.6 Å². The number of H-pyrrole nitrogens is 1. The van der Waals surface area contributed by atoms with Crippen LogP contribution in [0.15, 0.2) is 82.5 Å². The van der Waals surface area contributed by atoms with Crippen LogP contribution in [0, 0.1) is 0 Å². The van der Waals surface area contributed by atoms with Gasteiger partial charge in [0.25, 0.3) is 5.56 Å². The number of aromatic nitrogens is 2. The van der Waals surface area contributed by atoms with E-state index in [1.165, 1.54) is 19.2 Å². The van der Waals surface area contributed by atoms with Crippen molar-refractivity contribution in [1.82, 2.24) is 9.55 Å². The maximum absolute atomic E-state index is 15.3. The number of aromatic amines is 1. The van der Waals surface area contributed by atoms with Crippen LogP contribution in [-0.4, -0.2) is 39.4 Å². The average Bonchev–Trinajstić information content (AvgIpc) is 3.11. The zero-order valence-corrected chi connectivity index (χ0v) is 19.4. The Bertz CT molecular complexity index is 1190. The molecule has 0 spiro atoms. The lowest BCUT2D eigenvalue weighted by Crippen LogP contribution is -2.53. The molecule has 180 valence electrons. The fourth-order valence-corrected chi connectivity index (χ4v) is 4.52. The van der Waals surface area contributed by atoms with Gasteiger partial charge in [-0.15, -0.1) is 11.6 Å². The standard InChI is InChI=1S/C25H26ClFN2O5/c1-17(27)25(16-32-14-18-8-4-2-5-9-18)22(33-15-19-10-6-3-7-11-19)21(26)23(34-25)29-13-12-20(30)28-24(29)31/h2-13,17,21-23H,14-16H2,1H3,(H,28,30,31)/t17?,21-,22+,23-,25+/m1/s1. The van der Waals surface area contributed by atoms with Crippen molar-refractivity contribution in [2.75, 3.05) is 6.61 Å². The Morgan fingerprint density at radius 1 is 1.06 bits per heavy atom. The lowest BCUT2D eigenvalue weighted by atomic mass is 9.92. The molecular formula is C25H26ClFN2O5. The maximum atomic E-state index is 15.3. The number of rotatable bonds is 9. The van der Waals surface area contributed by atoms with E-state index in [1.807, 2.05) is 60.7 Å². The van der Waals surface area contributed by atoms with Crippen molar-refractivity contribution >= 4 is 11.6 Å². The zero-order chi connectivity index (χ0) is 24.1. The van der Waals surface area contributed by atoms with E-state index in [4.69, 9.17) is 25.8 Å². The monoisotopic (exact) mass is 488 g/mol. The first-order chi connectivity index (χ1) is 16.4. The number of hydrogen-bond donors (Lipinski definition) is 1. The van der Waals surface area contributed by atoms with Crippen LogP contribution in [0.1, 0.15) is 24.3 Å². The lowest BCUT2D eigenvalue weighted by molar-refractivity contribution is -0.185.